The summed E-state index contributed by atoms with van der Waals surface area (Å²) in [7, 11) is -2.71. The van der Waals surface area contributed by atoms with Crippen molar-refractivity contribution < 1.29 is 28.0 Å². The van der Waals surface area contributed by atoms with Gasteiger partial charge in [-0.25, -0.2) is 9.78 Å². The van der Waals surface area contributed by atoms with Gasteiger partial charge in [0, 0.05) is 17.6 Å². The van der Waals surface area contributed by atoms with Crippen LogP contribution in [0.2, 0.25) is 18.1 Å². The zero-order valence-corrected chi connectivity index (χ0v) is 34.5. The summed E-state index contributed by atoms with van der Waals surface area (Å²) in [6, 6.07) is 14.5. The van der Waals surface area contributed by atoms with E-state index in [1.165, 1.54) is 0 Å². The van der Waals surface area contributed by atoms with E-state index in [0.717, 1.165) is 52.4 Å². The molecule has 1 saturated heterocycles. The molecule has 0 N–H and O–H groups in total. The number of hydrogen-bond donors (Lipinski definition) is 0. The summed E-state index contributed by atoms with van der Waals surface area (Å²) in [5, 5.41) is -0.0378. The number of hydrogen-bond acceptors (Lipinski definition) is 7. The van der Waals surface area contributed by atoms with Crippen LogP contribution >= 0.6 is 0 Å². The first kappa shape index (κ1) is 39.1. The van der Waals surface area contributed by atoms with E-state index in [9.17, 15) is 4.79 Å². The summed E-state index contributed by atoms with van der Waals surface area (Å²) in [4.78, 5) is 20.6. The maximum atomic E-state index is 13.9. The van der Waals surface area contributed by atoms with Gasteiger partial charge in [-0.2, -0.15) is 0 Å². The Hall–Kier alpha value is -3.12. The Kier molecular flexibility index (Phi) is 10.8. The molecule has 1 amide bonds. The third-order valence-corrected chi connectivity index (χ3v) is 15.5. The van der Waals surface area contributed by atoms with E-state index < -0.39 is 38.3 Å². The summed E-state index contributed by atoms with van der Waals surface area (Å²) >= 11 is 0. The number of amides is 1. The summed E-state index contributed by atoms with van der Waals surface area (Å²) in [6.07, 6.45) is 2.43. The van der Waals surface area contributed by atoms with Gasteiger partial charge in [0.15, 0.2) is 8.32 Å². The molecule has 1 unspecified atom stereocenters. The first-order valence-corrected chi connectivity index (χ1v) is 21.3. The molecular formula is C40H60BN3O6Si. The quantitative estimate of drug-likeness (QED) is 0.205. The molecule has 9 nitrogen and oxygen atoms in total. The molecule has 2 aliphatic heterocycles. The summed E-state index contributed by atoms with van der Waals surface area (Å²) in [5.41, 5.74) is 3.77. The number of rotatable bonds is 9. The van der Waals surface area contributed by atoms with Crippen LogP contribution in [-0.2, 0) is 24.9 Å². The zero-order chi connectivity index (χ0) is 37.7. The third kappa shape index (κ3) is 8.75. The molecular weight excluding hydrogens is 657 g/mol. The predicted octanol–water partition coefficient (Wildman–Crippen LogP) is 8.48. The van der Waals surface area contributed by atoms with Gasteiger partial charge >= 0.3 is 13.2 Å². The van der Waals surface area contributed by atoms with Crippen molar-refractivity contribution >= 4 is 27.0 Å². The van der Waals surface area contributed by atoms with Crippen molar-refractivity contribution in [1.29, 1.82) is 0 Å². The van der Waals surface area contributed by atoms with Crippen LogP contribution in [0.3, 0.4) is 0 Å². The lowest BCUT2D eigenvalue weighted by Crippen LogP contribution is -2.48. The minimum atomic E-state index is -2.28. The topological polar surface area (TPSA) is 84.3 Å². The summed E-state index contributed by atoms with van der Waals surface area (Å²) in [6.45, 7) is 29.9. The number of fused-ring (bicyclic) bond motifs is 1. The van der Waals surface area contributed by atoms with Crippen molar-refractivity contribution in [2.45, 2.75) is 143 Å². The van der Waals surface area contributed by atoms with E-state index in [1.54, 1.807) is 4.90 Å². The van der Waals surface area contributed by atoms with Gasteiger partial charge in [0.1, 0.15) is 23.3 Å². The van der Waals surface area contributed by atoms with E-state index in [4.69, 9.17) is 28.2 Å². The third-order valence-electron chi connectivity index (χ3n) is 11.0. The van der Waals surface area contributed by atoms with Crippen molar-refractivity contribution in [2.75, 3.05) is 13.1 Å². The average molecular weight is 718 g/mol. The van der Waals surface area contributed by atoms with Crippen LogP contribution in [-0.4, -0.2) is 72.0 Å². The van der Waals surface area contributed by atoms with Crippen molar-refractivity contribution in [2.24, 2.45) is 0 Å². The minimum Gasteiger partial charge on any atom is -0.488 e. The minimum absolute atomic E-state index is 0.0378. The van der Waals surface area contributed by atoms with Crippen molar-refractivity contribution in [3.63, 3.8) is 0 Å². The Morgan fingerprint density at radius 2 is 1.63 bits per heavy atom. The molecule has 5 rings (SSSR count). The highest BCUT2D eigenvalue weighted by atomic mass is 28.4. The Labute approximate surface area is 307 Å². The molecule has 0 saturated carbocycles. The number of ether oxygens (including phenoxy) is 2. The van der Waals surface area contributed by atoms with Crippen molar-refractivity contribution in [3.8, 4) is 11.6 Å². The maximum Gasteiger partial charge on any atom is 0.494 e. The molecule has 4 heterocycles. The van der Waals surface area contributed by atoms with E-state index in [0.29, 0.717) is 13.1 Å². The maximum absolute atomic E-state index is 13.9. The molecule has 11 heteroatoms. The number of benzene rings is 1. The van der Waals surface area contributed by atoms with Gasteiger partial charge in [0.25, 0.3) is 0 Å². The van der Waals surface area contributed by atoms with Gasteiger partial charge in [0.2, 0.25) is 0 Å². The van der Waals surface area contributed by atoms with Crippen molar-refractivity contribution in [1.82, 2.24) is 14.5 Å². The van der Waals surface area contributed by atoms with Crippen LogP contribution in [0.1, 0.15) is 104 Å². The molecule has 1 fully saturated rings. The number of aromatic nitrogens is 2. The highest BCUT2D eigenvalue weighted by Gasteiger charge is 2.52. The van der Waals surface area contributed by atoms with Gasteiger partial charge in [-0.3, -0.25) is 0 Å². The average Bonchev–Trinajstić information content (AvgIpc) is 3.46. The highest BCUT2D eigenvalue weighted by molar-refractivity contribution is 6.74. The number of carbonyl (C=O) groups excluding carboxylic acids is 1. The number of pyridine rings is 1. The van der Waals surface area contributed by atoms with E-state index >= 15 is 0 Å². The fourth-order valence-electron chi connectivity index (χ4n) is 6.21. The van der Waals surface area contributed by atoms with Gasteiger partial charge in [0.05, 0.1) is 30.4 Å². The lowest BCUT2D eigenvalue weighted by molar-refractivity contribution is 0.00490. The fraction of sp³-hybridized carbons (Fsp3) is 0.600. The van der Waals surface area contributed by atoms with Crippen LogP contribution in [0, 0.1) is 13.8 Å². The molecule has 1 aromatic carbocycles. The number of aryl methyl sites for hydroxylation is 3. The molecule has 0 spiro atoms. The Morgan fingerprint density at radius 1 is 1.00 bits per heavy atom. The lowest BCUT2D eigenvalue weighted by Gasteiger charge is -2.41. The zero-order valence-electron chi connectivity index (χ0n) is 33.5. The Morgan fingerprint density at radius 3 is 2.18 bits per heavy atom. The number of nitrogens with zero attached hydrogens (tertiary/aromatic N) is 3. The SMILES string of the molecule is Cc1ccc(C)n1-c1ccc(C(CN(C[C@H]2CCc3cc(B4OC(C)(C)C(C)(C)O4)ccc3O2)C(=O)OC(C)(C)C)O[Si](C)(C)C(C)(C)C)cn1. The molecule has 278 valence electrons. The molecule has 2 aromatic heterocycles. The first-order valence-electron chi connectivity index (χ1n) is 18.4. The van der Waals surface area contributed by atoms with E-state index in [1.807, 2.05) is 45.2 Å². The highest BCUT2D eigenvalue weighted by Crippen LogP contribution is 2.41. The second-order valence-electron chi connectivity index (χ2n) is 17.9. The van der Waals surface area contributed by atoms with Crippen LogP contribution < -0.4 is 10.2 Å². The lowest BCUT2D eigenvalue weighted by atomic mass is 9.77. The molecule has 51 heavy (non-hydrogen) atoms. The van der Waals surface area contributed by atoms with Crippen LogP contribution in [0.5, 0.6) is 5.75 Å². The largest absolute Gasteiger partial charge is 0.494 e. The molecule has 3 aromatic rings. The predicted molar refractivity (Wildman–Crippen MR) is 207 cm³/mol. The Bertz CT molecular complexity index is 1670. The van der Waals surface area contributed by atoms with Crippen LogP contribution in [0.25, 0.3) is 5.82 Å². The van der Waals surface area contributed by atoms with Gasteiger partial charge in [-0.1, -0.05) is 39.0 Å². The number of carbonyl (C=O) groups is 1. The van der Waals surface area contributed by atoms with E-state index in [-0.39, 0.29) is 17.2 Å². The summed E-state index contributed by atoms with van der Waals surface area (Å²) in [5.74, 6) is 1.67. The molecule has 0 radical (unpaired) electrons. The van der Waals surface area contributed by atoms with Crippen molar-refractivity contribution in [3.05, 3.63) is 71.2 Å². The monoisotopic (exact) mass is 717 g/mol. The van der Waals surface area contributed by atoms with Gasteiger partial charge in [-0.05, 0) is 134 Å². The second-order valence-corrected chi connectivity index (χ2v) is 22.6. The smallest absolute Gasteiger partial charge is 0.488 e. The van der Waals surface area contributed by atoms with Crippen LogP contribution in [0.15, 0.2) is 48.7 Å². The molecule has 2 atom stereocenters. The Balaban J connectivity index is 1.40. The first-order chi connectivity index (χ1) is 23.5. The van der Waals surface area contributed by atoms with E-state index in [2.05, 4.69) is 104 Å². The normalized spacial score (nSPS) is 19.3. The fourth-order valence-corrected chi connectivity index (χ4v) is 7.48. The second kappa shape index (κ2) is 14.0. The van der Waals surface area contributed by atoms with Crippen LogP contribution in [0.4, 0.5) is 4.79 Å². The molecule has 2 aliphatic rings. The van der Waals surface area contributed by atoms with Gasteiger partial charge < -0.3 is 32.7 Å². The summed E-state index contributed by atoms with van der Waals surface area (Å²) < 4.78 is 34.4. The standard InChI is InChI=1S/C40H60BN3O6Si/c1-27-15-16-28(2)44(27)35-22-18-30(24-42-35)34(48-51(13,14)38(6,7)8)26-43(36(45)47-37(3,4)5)25-32-20-17-29-23-31(19-21-33(29)46-32)41-49-39(9,10)40(11,12)50-41/h15-16,18-19,21-24,32,34H,17,20,25-26H2,1-14H3/t32-,34?/m1/s1. The molecule has 0 bridgehead atoms. The van der Waals surface area contributed by atoms with Gasteiger partial charge in [-0.15, -0.1) is 0 Å². The molecule has 0 aliphatic carbocycles.